The van der Waals surface area contributed by atoms with Crippen LogP contribution in [0.1, 0.15) is 30.7 Å². The highest BCUT2D eigenvalue weighted by Crippen LogP contribution is 2.27. The SMILES string of the molecule is CC(c1cc2ccccc2o1)N(C)C(=O)CCc1ccccc1O. The van der Waals surface area contributed by atoms with Crippen molar-refractivity contribution in [3.8, 4) is 5.75 Å². The molecule has 2 aromatic carbocycles. The maximum absolute atomic E-state index is 12.5. The van der Waals surface area contributed by atoms with Crippen molar-refractivity contribution in [3.63, 3.8) is 0 Å². The first-order chi connectivity index (χ1) is 11.6. The van der Waals surface area contributed by atoms with Crippen molar-refractivity contribution in [2.45, 2.75) is 25.8 Å². The van der Waals surface area contributed by atoms with E-state index in [0.717, 1.165) is 22.3 Å². The topological polar surface area (TPSA) is 53.7 Å². The van der Waals surface area contributed by atoms with Crippen LogP contribution >= 0.6 is 0 Å². The van der Waals surface area contributed by atoms with Gasteiger partial charge in [-0.3, -0.25) is 4.79 Å². The number of phenolic OH excluding ortho intramolecular Hbond substituents is 1. The molecule has 1 unspecified atom stereocenters. The lowest BCUT2D eigenvalue weighted by Gasteiger charge is -2.23. The molecule has 0 saturated heterocycles. The van der Waals surface area contributed by atoms with Crippen molar-refractivity contribution >= 4 is 16.9 Å². The summed E-state index contributed by atoms with van der Waals surface area (Å²) >= 11 is 0. The highest BCUT2D eigenvalue weighted by atomic mass is 16.3. The Morgan fingerprint density at radius 2 is 1.88 bits per heavy atom. The number of fused-ring (bicyclic) bond motifs is 1. The molecule has 4 heteroatoms. The van der Waals surface area contributed by atoms with E-state index in [2.05, 4.69) is 0 Å². The number of aromatic hydroxyl groups is 1. The normalized spacial score (nSPS) is 12.2. The molecule has 0 radical (unpaired) electrons. The standard InChI is InChI=1S/C20H21NO3/c1-14(19-13-16-8-4-6-10-18(16)24-19)21(2)20(23)12-11-15-7-3-5-9-17(15)22/h3-10,13-14,22H,11-12H2,1-2H3. The van der Waals surface area contributed by atoms with Crippen molar-refractivity contribution in [1.29, 1.82) is 0 Å². The second-order valence-electron chi connectivity index (χ2n) is 6.00. The summed E-state index contributed by atoms with van der Waals surface area (Å²) in [6, 6.07) is 16.8. The summed E-state index contributed by atoms with van der Waals surface area (Å²) in [7, 11) is 1.78. The number of furan rings is 1. The molecular weight excluding hydrogens is 302 g/mol. The molecule has 0 saturated carbocycles. The van der Waals surface area contributed by atoms with Crippen LogP contribution in [0.2, 0.25) is 0 Å². The summed E-state index contributed by atoms with van der Waals surface area (Å²) < 4.78 is 5.85. The molecule has 1 aromatic heterocycles. The number of nitrogens with zero attached hydrogens (tertiary/aromatic N) is 1. The first kappa shape index (κ1) is 16.1. The lowest BCUT2D eigenvalue weighted by Crippen LogP contribution is -2.29. The van der Waals surface area contributed by atoms with Gasteiger partial charge in [-0.25, -0.2) is 0 Å². The molecular formula is C20H21NO3. The molecule has 0 spiro atoms. The summed E-state index contributed by atoms with van der Waals surface area (Å²) in [4.78, 5) is 14.2. The van der Waals surface area contributed by atoms with Crippen LogP contribution < -0.4 is 0 Å². The Kier molecular flexibility index (Phi) is 4.56. The van der Waals surface area contributed by atoms with Gasteiger partial charge in [0, 0.05) is 18.9 Å². The van der Waals surface area contributed by atoms with Gasteiger partial charge in [0.2, 0.25) is 5.91 Å². The molecule has 124 valence electrons. The maximum atomic E-state index is 12.5. The van der Waals surface area contributed by atoms with Gasteiger partial charge in [0.15, 0.2) is 0 Å². The lowest BCUT2D eigenvalue weighted by molar-refractivity contribution is -0.132. The number of amides is 1. The van der Waals surface area contributed by atoms with Gasteiger partial charge in [-0.15, -0.1) is 0 Å². The van der Waals surface area contributed by atoms with Gasteiger partial charge in [-0.05, 0) is 37.1 Å². The van der Waals surface area contributed by atoms with Crippen LogP contribution in [0.4, 0.5) is 0 Å². The summed E-state index contributed by atoms with van der Waals surface area (Å²) in [6.07, 6.45) is 0.862. The first-order valence-electron chi connectivity index (χ1n) is 8.07. The van der Waals surface area contributed by atoms with Gasteiger partial charge in [0.25, 0.3) is 0 Å². The molecule has 3 rings (SSSR count). The number of hydrogen-bond donors (Lipinski definition) is 1. The molecule has 24 heavy (non-hydrogen) atoms. The molecule has 1 N–H and O–H groups in total. The quantitative estimate of drug-likeness (QED) is 0.762. The Morgan fingerprint density at radius 1 is 1.17 bits per heavy atom. The zero-order chi connectivity index (χ0) is 17.1. The number of carbonyl (C=O) groups is 1. The fourth-order valence-electron chi connectivity index (χ4n) is 2.76. The van der Waals surface area contributed by atoms with Gasteiger partial charge >= 0.3 is 0 Å². The van der Waals surface area contributed by atoms with Gasteiger partial charge in [-0.2, -0.15) is 0 Å². The summed E-state index contributed by atoms with van der Waals surface area (Å²) in [5, 5.41) is 10.8. The second-order valence-corrected chi connectivity index (χ2v) is 6.00. The van der Waals surface area contributed by atoms with E-state index in [1.165, 1.54) is 0 Å². The van der Waals surface area contributed by atoms with Crippen LogP contribution in [0.15, 0.2) is 59.0 Å². The van der Waals surface area contributed by atoms with Crippen LogP contribution in [-0.4, -0.2) is 23.0 Å². The van der Waals surface area contributed by atoms with E-state index in [4.69, 9.17) is 4.42 Å². The average Bonchev–Trinajstić information content (AvgIpc) is 3.03. The highest BCUT2D eigenvalue weighted by Gasteiger charge is 2.20. The van der Waals surface area contributed by atoms with Crippen molar-refractivity contribution in [2.75, 3.05) is 7.05 Å². The summed E-state index contributed by atoms with van der Waals surface area (Å²) in [5.41, 5.74) is 1.62. The lowest BCUT2D eigenvalue weighted by atomic mass is 10.1. The van der Waals surface area contributed by atoms with Gasteiger partial charge in [0.1, 0.15) is 17.1 Å². The third-order valence-electron chi connectivity index (χ3n) is 4.43. The van der Waals surface area contributed by atoms with Crippen molar-refractivity contribution in [2.24, 2.45) is 0 Å². The van der Waals surface area contributed by atoms with Gasteiger partial charge in [-0.1, -0.05) is 36.4 Å². The zero-order valence-electron chi connectivity index (χ0n) is 13.9. The molecule has 1 heterocycles. The van der Waals surface area contributed by atoms with Crippen molar-refractivity contribution < 1.29 is 14.3 Å². The number of carbonyl (C=O) groups excluding carboxylic acids is 1. The summed E-state index contributed by atoms with van der Waals surface area (Å²) in [6.45, 7) is 1.95. The van der Waals surface area contributed by atoms with E-state index < -0.39 is 0 Å². The van der Waals surface area contributed by atoms with E-state index in [9.17, 15) is 9.90 Å². The fourth-order valence-corrected chi connectivity index (χ4v) is 2.76. The van der Waals surface area contributed by atoms with E-state index in [1.807, 2.05) is 49.4 Å². The van der Waals surface area contributed by atoms with Crippen molar-refractivity contribution in [1.82, 2.24) is 4.90 Å². The van der Waals surface area contributed by atoms with E-state index in [1.54, 1.807) is 24.1 Å². The number of hydrogen-bond acceptors (Lipinski definition) is 3. The molecule has 0 fully saturated rings. The minimum Gasteiger partial charge on any atom is -0.508 e. The number of rotatable bonds is 5. The molecule has 4 nitrogen and oxygen atoms in total. The predicted molar refractivity (Wildman–Crippen MR) is 93.8 cm³/mol. The minimum atomic E-state index is -0.144. The number of para-hydroxylation sites is 2. The number of benzene rings is 2. The Morgan fingerprint density at radius 3 is 2.62 bits per heavy atom. The Bertz CT molecular complexity index is 820. The maximum Gasteiger partial charge on any atom is 0.223 e. The molecule has 1 amide bonds. The van der Waals surface area contributed by atoms with Crippen LogP contribution in [0.3, 0.4) is 0 Å². The zero-order valence-corrected chi connectivity index (χ0v) is 13.9. The second kappa shape index (κ2) is 6.79. The molecule has 1 atom stereocenters. The Hall–Kier alpha value is -2.75. The van der Waals surface area contributed by atoms with E-state index in [-0.39, 0.29) is 17.7 Å². The number of aryl methyl sites for hydroxylation is 1. The summed E-state index contributed by atoms with van der Waals surface area (Å²) in [5.74, 6) is 1.03. The highest BCUT2D eigenvalue weighted by molar-refractivity contribution is 5.79. The first-order valence-corrected chi connectivity index (χ1v) is 8.07. The Balaban J connectivity index is 1.67. The van der Waals surface area contributed by atoms with Crippen LogP contribution in [0.25, 0.3) is 11.0 Å². The average molecular weight is 323 g/mol. The molecule has 3 aromatic rings. The third-order valence-corrected chi connectivity index (χ3v) is 4.43. The molecule has 0 aliphatic heterocycles. The van der Waals surface area contributed by atoms with Crippen LogP contribution in [0.5, 0.6) is 5.75 Å². The van der Waals surface area contributed by atoms with Crippen LogP contribution in [0, 0.1) is 0 Å². The molecule has 0 aliphatic rings. The largest absolute Gasteiger partial charge is 0.508 e. The predicted octanol–water partition coefficient (Wildman–Crippen LogP) is 4.29. The van der Waals surface area contributed by atoms with Crippen LogP contribution in [-0.2, 0) is 11.2 Å². The van der Waals surface area contributed by atoms with E-state index in [0.29, 0.717) is 12.8 Å². The van der Waals surface area contributed by atoms with Gasteiger partial charge < -0.3 is 14.4 Å². The third kappa shape index (κ3) is 3.27. The van der Waals surface area contributed by atoms with Gasteiger partial charge in [0.05, 0.1) is 6.04 Å². The minimum absolute atomic E-state index is 0.0196. The molecule has 0 bridgehead atoms. The number of phenols is 1. The van der Waals surface area contributed by atoms with Crippen molar-refractivity contribution in [3.05, 3.63) is 65.9 Å². The fraction of sp³-hybridized carbons (Fsp3) is 0.250. The molecule has 0 aliphatic carbocycles. The van der Waals surface area contributed by atoms with E-state index >= 15 is 0 Å². The smallest absolute Gasteiger partial charge is 0.223 e. The Labute approximate surface area is 141 Å². The monoisotopic (exact) mass is 323 g/mol.